The van der Waals surface area contributed by atoms with Gasteiger partial charge in [-0.1, -0.05) is 79.2 Å². The second-order valence-electron chi connectivity index (χ2n) is 7.69. The van der Waals surface area contributed by atoms with Crippen molar-refractivity contribution < 1.29 is 4.79 Å². The summed E-state index contributed by atoms with van der Waals surface area (Å²) in [5, 5.41) is 0.981. The zero-order valence-corrected chi connectivity index (χ0v) is 18.5. The molecule has 0 saturated carbocycles. The van der Waals surface area contributed by atoms with Crippen LogP contribution in [0.15, 0.2) is 83.7 Å². The molecule has 4 aromatic rings. The first-order valence-corrected chi connectivity index (χ1v) is 11.0. The highest BCUT2D eigenvalue weighted by Crippen LogP contribution is 2.27. The van der Waals surface area contributed by atoms with E-state index in [1.165, 1.54) is 0 Å². The molecule has 4 rings (SSSR count). The summed E-state index contributed by atoms with van der Waals surface area (Å²) in [6.45, 7) is 2.78. The van der Waals surface area contributed by atoms with Crippen LogP contribution in [0.4, 0.5) is 0 Å². The number of carbonyl (C=O) groups excluding carboxylic acids is 1. The van der Waals surface area contributed by atoms with Crippen LogP contribution in [0, 0.1) is 0 Å². The SMILES string of the molecule is CCCN(Cc1nc2cc(Cl)ccc2c(=O)[nH]1)C(=O)C(c1ccccc1)c1ccccc1. The molecule has 0 radical (unpaired) electrons. The summed E-state index contributed by atoms with van der Waals surface area (Å²) >= 11 is 6.09. The maximum Gasteiger partial charge on any atom is 0.258 e. The third kappa shape index (κ3) is 4.73. The van der Waals surface area contributed by atoms with Crippen molar-refractivity contribution in [3.63, 3.8) is 0 Å². The Labute approximate surface area is 191 Å². The van der Waals surface area contributed by atoms with Gasteiger partial charge in [-0.3, -0.25) is 9.59 Å². The smallest absolute Gasteiger partial charge is 0.258 e. The Balaban J connectivity index is 1.71. The standard InChI is InChI=1S/C26H24ClN3O2/c1-2-15-30(17-23-28-22-16-20(27)13-14-21(22)25(31)29-23)26(32)24(18-9-5-3-6-10-18)19-11-7-4-8-12-19/h3-14,16,24H,2,15,17H2,1H3,(H,28,29,31). The first kappa shape index (κ1) is 21.8. The number of amides is 1. The molecular formula is C26H24ClN3O2. The molecule has 1 aromatic heterocycles. The van der Waals surface area contributed by atoms with Gasteiger partial charge in [0.15, 0.2) is 0 Å². The lowest BCUT2D eigenvalue weighted by Crippen LogP contribution is -2.36. The van der Waals surface area contributed by atoms with Gasteiger partial charge in [0.2, 0.25) is 5.91 Å². The van der Waals surface area contributed by atoms with Gasteiger partial charge in [0.25, 0.3) is 5.56 Å². The third-order valence-electron chi connectivity index (χ3n) is 5.38. The van der Waals surface area contributed by atoms with Gasteiger partial charge in [0, 0.05) is 11.6 Å². The van der Waals surface area contributed by atoms with E-state index in [0.29, 0.717) is 28.3 Å². The number of fused-ring (bicyclic) bond motifs is 1. The van der Waals surface area contributed by atoms with Gasteiger partial charge < -0.3 is 9.88 Å². The molecule has 162 valence electrons. The van der Waals surface area contributed by atoms with Gasteiger partial charge in [0.05, 0.1) is 23.4 Å². The molecule has 32 heavy (non-hydrogen) atoms. The van der Waals surface area contributed by atoms with E-state index in [4.69, 9.17) is 11.6 Å². The summed E-state index contributed by atoms with van der Waals surface area (Å²) in [6, 6.07) is 24.5. The van der Waals surface area contributed by atoms with Crippen LogP contribution in [-0.2, 0) is 11.3 Å². The van der Waals surface area contributed by atoms with Gasteiger partial charge in [-0.05, 0) is 35.7 Å². The molecule has 5 nitrogen and oxygen atoms in total. The van der Waals surface area contributed by atoms with Crippen LogP contribution in [-0.4, -0.2) is 27.3 Å². The molecule has 1 amide bonds. The minimum atomic E-state index is -0.439. The summed E-state index contributed by atoms with van der Waals surface area (Å²) in [4.78, 5) is 35.5. The number of hydrogen-bond acceptors (Lipinski definition) is 3. The van der Waals surface area contributed by atoms with Crippen molar-refractivity contribution in [3.05, 3.63) is 111 Å². The Kier molecular flexibility index (Phi) is 6.66. The van der Waals surface area contributed by atoms with Crippen LogP contribution >= 0.6 is 11.6 Å². The predicted molar refractivity (Wildman–Crippen MR) is 128 cm³/mol. The second-order valence-corrected chi connectivity index (χ2v) is 8.12. The highest BCUT2D eigenvalue weighted by atomic mass is 35.5. The number of nitrogens with zero attached hydrogens (tertiary/aromatic N) is 2. The Hall–Kier alpha value is -3.44. The van der Waals surface area contributed by atoms with Crippen LogP contribution in [0.5, 0.6) is 0 Å². The topological polar surface area (TPSA) is 66.1 Å². The van der Waals surface area contributed by atoms with Gasteiger partial charge in [0.1, 0.15) is 5.82 Å². The molecule has 0 spiro atoms. The second kappa shape index (κ2) is 9.79. The van der Waals surface area contributed by atoms with E-state index < -0.39 is 5.92 Å². The fourth-order valence-corrected chi connectivity index (χ4v) is 4.07. The van der Waals surface area contributed by atoms with E-state index in [-0.39, 0.29) is 18.0 Å². The quantitative estimate of drug-likeness (QED) is 0.428. The Bertz CT molecular complexity index is 1230. The average Bonchev–Trinajstić information content (AvgIpc) is 2.80. The third-order valence-corrected chi connectivity index (χ3v) is 5.61. The molecule has 6 heteroatoms. The van der Waals surface area contributed by atoms with E-state index in [0.717, 1.165) is 17.5 Å². The molecule has 0 aliphatic carbocycles. The van der Waals surface area contributed by atoms with E-state index >= 15 is 0 Å². The van der Waals surface area contributed by atoms with Gasteiger partial charge in [-0.25, -0.2) is 4.98 Å². The largest absolute Gasteiger partial charge is 0.334 e. The molecule has 1 N–H and O–H groups in total. The normalized spacial score (nSPS) is 11.1. The lowest BCUT2D eigenvalue weighted by Gasteiger charge is -2.27. The van der Waals surface area contributed by atoms with Crippen LogP contribution in [0.3, 0.4) is 0 Å². The Morgan fingerprint density at radius 2 is 1.62 bits per heavy atom. The van der Waals surface area contributed by atoms with E-state index in [9.17, 15) is 9.59 Å². The van der Waals surface area contributed by atoms with Gasteiger partial charge in [-0.2, -0.15) is 0 Å². The lowest BCUT2D eigenvalue weighted by atomic mass is 9.90. The highest BCUT2D eigenvalue weighted by molar-refractivity contribution is 6.31. The first-order valence-electron chi connectivity index (χ1n) is 10.6. The minimum absolute atomic E-state index is 0.0295. The number of H-pyrrole nitrogens is 1. The minimum Gasteiger partial charge on any atom is -0.334 e. The van der Waals surface area contributed by atoms with Crippen molar-refractivity contribution in [1.82, 2.24) is 14.9 Å². The van der Waals surface area contributed by atoms with Crippen molar-refractivity contribution >= 4 is 28.4 Å². The van der Waals surface area contributed by atoms with E-state index in [1.807, 2.05) is 67.6 Å². The van der Waals surface area contributed by atoms with Gasteiger partial charge >= 0.3 is 0 Å². The number of benzene rings is 3. The molecule has 0 fully saturated rings. The zero-order valence-electron chi connectivity index (χ0n) is 17.8. The first-order chi connectivity index (χ1) is 15.6. The molecule has 0 aliphatic heterocycles. The number of carbonyl (C=O) groups is 1. The van der Waals surface area contributed by atoms with Crippen LogP contribution in [0.25, 0.3) is 10.9 Å². The maximum atomic E-state index is 13.8. The number of aromatic nitrogens is 2. The highest BCUT2D eigenvalue weighted by Gasteiger charge is 2.27. The summed E-state index contributed by atoms with van der Waals surface area (Å²) in [5.74, 6) is -0.0323. The van der Waals surface area contributed by atoms with Crippen LogP contribution in [0.1, 0.15) is 36.2 Å². The Morgan fingerprint density at radius 1 is 1.00 bits per heavy atom. The summed E-state index contributed by atoms with van der Waals surface area (Å²) in [5.41, 5.74) is 2.13. The Morgan fingerprint density at radius 3 is 2.22 bits per heavy atom. The van der Waals surface area contributed by atoms with Crippen molar-refractivity contribution in [3.8, 4) is 0 Å². The van der Waals surface area contributed by atoms with Crippen molar-refractivity contribution in [2.75, 3.05) is 6.54 Å². The number of nitrogens with one attached hydrogen (secondary N) is 1. The summed E-state index contributed by atoms with van der Waals surface area (Å²) in [6.07, 6.45) is 0.783. The summed E-state index contributed by atoms with van der Waals surface area (Å²) < 4.78 is 0. The molecule has 0 aliphatic rings. The molecule has 0 saturated heterocycles. The zero-order chi connectivity index (χ0) is 22.5. The van der Waals surface area contributed by atoms with Crippen LogP contribution < -0.4 is 5.56 Å². The van der Waals surface area contributed by atoms with E-state index in [2.05, 4.69) is 9.97 Å². The average molecular weight is 446 g/mol. The van der Waals surface area contributed by atoms with Crippen molar-refractivity contribution in [2.45, 2.75) is 25.8 Å². The molecule has 0 unspecified atom stereocenters. The van der Waals surface area contributed by atoms with E-state index in [1.54, 1.807) is 23.1 Å². The fraction of sp³-hybridized carbons (Fsp3) is 0.192. The van der Waals surface area contributed by atoms with Gasteiger partial charge in [-0.15, -0.1) is 0 Å². The number of aromatic amines is 1. The molecule has 0 bridgehead atoms. The van der Waals surface area contributed by atoms with Crippen molar-refractivity contribution in [1.29, 1.82) is 0 Å². The molecule has 0 atom stereocenters. The fourth-order valence-electron chi connectivity index (χ4n) is 3.90. The summed E-state index contributed by atoms with van der Waals surface area (Å²) in [7, 11) is 0. The number of hydrogen-bond donors (Lipinski definition) is 1. The monoisotopic (exact) mass is 445 g/mol. The number of rotatable bonds is 7. The molecule has 3 aromatic carbocycles. The molecule has 1 heterocycles. The lowest BCUT2D eigenvalue weighted by molar-refractivity contribution is -0.132. The maximum absolute atomic E-state index is 13.8. The van der Waals surface area contributed by atoms with Crippen LogP contribution in [0.2, 0.25) is 5.02 Å². The van der Waals surface area contributed by atoms with Crippen molar-refractivity contribution in [2.24, 2.45) is 0 Å². The predicted octanol–water partition coefficient (Wildman–Crippen LogP) is 5.15. The molecular weight excluding hydrogens is 422 g/mol. The number of halogens is 1.